The van der Waals surface area contributed by atoms with Gasteiger partial charge in [-0.1, -0.05) is 37.8 Å². The van der Waals surface area contributed by atoms with E-state index in [4.69, 9.17) is 10.4 Å². The average Bonchev–Trinajstić information content (AvgIpc) is 2.25. The Morgan fingerprint density at radius 1 is 1.31 bits per heavy atom. The van der Waals surface area contributed by atoms with Gasteiger partial charge in [-0.25, -0.2) is 4.79 Å². The highest BCUT2D eigenvalue weighted by molar-refractivity contribution is 5.91. The fraction of sp³-hybridized carbons (Fsp3) is 0.538. The minimum Gasteiger partial charge on any atom is -0.477 e. The van der Waals surface area contributed by atoms with Gasteiger partial charge in [0.2, 0.25) is 0 Å². The predicted molar refractivity (Wildman–Crippen MR) is 63.8 cm³/mol. The van der Waals surface area contributed by atoms with Crippen LogP contribution in [-0.2, 0) is 4.79 Å². The van der Waals surface area contributed by atoms with Crippen molar-refractivity contribution in [1.29, 1.82) is 5.26 Å². The quantitative estimate of drug-likeness (QED) is 0.310. The largest absolute Gasteiger partial charge is 0.477 e. The van der Waals surface area contributed by atoms with Gasteiger partial charge in [-0.15, -0.1) is 0 Å². The lowest BCUT2D eigenvalue weighted by molar-refractivity contribution is -0.132. The van der Waals surface area contributed by atoms with Crippen molar-refractivity contribution in [1.82, 2.24) is 0 Å². The summed E-state index contributed by atoms with van der Waals surface area (Å²) in [6.07, 6.45) is 8.83. The molecule has 16 heavy (non-hydrogen) atoms. The van der Waals surface area contributed by atoms with Crippen LogP contribution in [0.1, 0.15) is 46.0 Å². The Balaban J connectivity index is 4.12. The number of allylic oxidation sites excluding steroid dienone is 3. The van der Waals surface area contributed by atoms with Crippen LogP contribution < -0.4 is 0 Å². The van der Waals surface area contributed by atoms with E-state index in [1.807, 2.05) is 6.92 Å². The van der Waals surface area contributed by atoms with Crippen LogP contribution in [0.25, 0.3) is 0 Å². The Bertz CT molecular complexity index is 321. The summed E-state index contributed by atoms with van der Waals surface area (Å²) >= 11 is 0. The van der Waals surface area contributed by atoms with Crippen LogP contribution in [0.3, 0.4) is 0 Å². The summed E-state index contributed by atoms with van der Waals surface area (Å²) in [5.74, 6) is -1.17. The zero-order chi connectivity index (χ0) is 12.4. The molecule has 0 bridgehead atoms. The van der Waals surface area contributed by atoms with Crippen molar-refractivity contribution in [3.05, 3.63) is 23.3 Å². The first-order valence-corrected chi connectivity index (χ1v) is 5.62. The van der Waals surface area contributed by atoms with E-state index in [1.54, 1.807) is 12.1 Å². The van der Waals surface area contributed by atoms with Crippen molar-refractivity contribution in [3.8, 4) is 6.07 Å². The van der Waals surface area contributed by atoms with Crippen molar-refractivity contribution >= 4 is 5.97 Å². The van der Waals surface area contributed by atoms with E-state index in [-0.39, 0.29) is 5.57 Å². The van der Waals surface area contributed by atoms with Gasteiger partial charge in [-0.3, -0.25) is 0 Å². The molecule has 0 rings (SSSR count). The summed E-state index contributed by atoms with van der Waals surface area (Å²) in [4.78, 5) is 10.5. The molecular weight excluding hydrogens is 202 g/mol. The van der Waals surface area contributed by atoms with Gasteiger partial charge in [0.15, 0.2) is 0 Å². The molecule has 3 nitrogen and oxygen atoms in total. The predicted octanol–water partition coefficient (Wildman–Crippen LogP) is 3.44. The molecule has 0 aliphatic heterocycles. The van der Waals surface area contributed by atoms with E-state index in [0.29, 0.717) is 0 Å². The van der Waals surface area contributed by atoms with Gasteiger partial charge in [0.1, 0.15) is 11.6 Å². The van der Waals surface area contributed by atoms with Gasteiger partial charge in [0.05, 0.1) is 0 Å². The first-order chi connectivity index (χ1) is 7.61. The lowest BCUT2D eigenvalue weighted by Gasteiger charge is -1.99. The molecule has 88 valence electrons. The molecule has 0 radical (unpaired) electrons. The topological polar surface area (TPSA) is 61.1 Å². The van der Waals surface area contributed by atoms with Gasteiger partial charge in [-0.2, -0.15) is 5.26 Å². The summed E-state index contributed by atoms with van der Waals surface area (Å²) in [6, 6.07) is 1.65. The Morgan fingerprint density at radius 3 is 2.50 bits per heavy atom. The van der Waals surface area contributed by atoms with E-state index in [2.05, 4.69) is 6.92 Å². The standard InChI is InChI=1S/C13H19NO2/c1-3-4-5-6-7-11(2)8-9-12(10-14)13(15)16/h8-9H,3-7H2,1-2H3,(H,15,16)/b11-8-,12-9+. The molecule has 0 fully saturated rings. The number of unbranched alkanes of at least 4 members (excludes halogenated alkanes) is 3. The molecule has 0 atom stereocenters. The molecule has 0 unspecified atom stereocenters. The average molecular weight is 221 g/mol. The summed E-state index contributed by atoms with van der Waals surface area (Å²) < 4.78 is 0. The van der Waals surface area contributed by atoms with E-state index >= 15 is 0 Å². The van der Waals surface area contributed by atoms with Crippen LogP contribution in [0.4, 0.5) is 0 Å². The maximum atomic E-state index is 10.5. The van der Waals surface area contributed by atoms with Crippen molar-refractivity contribution in [2.75, 3.05) is 0 Å². The second-order valence-electron chi connectivity index (χ2n) is 3.82. The molecule has 0 aromatic heterocycles. The highest BCUT2D eigenvalue weighted by Crippen LogP contribution is 2.10. The van der Waals surface area contributed by atoms with Gasteiger partial charge in [0, 0.05) is 0 Å². The molecule has 0 saturated carbocycles. The van der Waals surface area contributed by atoms with Crippen molar-refractivity contribution < 1.29 is 9.90 Å². The van der Waals surface area contributed by atoms with Crippen LogP contribution in [-0.4, -0.2) is 11.1 Å². The highest BCUT2D eigenvalue weighted by atomic mass is 16.4. The minimum absolute atomic E-state index is 0.215. The second-order valence-corrected chi connectivity index (χ2v) is 3.82. The number of hydrogen-bond donors (Lipinski definition) is 1. The summed E-state index contributed by atoms with van der Waals surface area (Å²) in [5, 5.41) is 17.1. The van der Waals surface area contributed by atoms with E-state index in [1.165, 1.54) is 25.3 Å². The number of aliphatic carboxylic acids is 1. The van der Waals surface area contributed by atoms with Crippen molar-refractivity contribution in [2.45, 2.75) is 46.0 Å². The number of nitriles is 1. The van der Waals surface area contributed by atoms with Crippen molar-refractivity contribution in [3.63, 3.8) is 0 Å². The van der Waals surface area contributed by atoms with Gasteiger partial charge in [0.25, 0.3) is 0 Å². The molecule has 0 spiro atoms. The molecule has 0 saturated heterocycles. The summed E-state index contributed by atoms with van der Waals surface area (Å²) in [7, 11) is 0. The highest BCUT2D eigenvalue weighted by Gasteiger charge is 2.02. The normalized spacial score (nSPS) is 12.3. The number of carbonyl (C=O) groups is 1. The molecule has 0 amide bonds. The van der Waals surface area contributed by atoms with Crippen molar-refractivity contribution in [2.24, 2.45) is 0 Å². The zero-order valence-corrected chi connectivity index (χ0v) is 9.99. The van der Waals surface area contributed by atoms with Gasteiger partial charge in [-0.05, 0) is 25.8 Å². The first kappa shape index (κ1) is 14.4. The number of hydrogen-bond acceptors (Lipinski definition) is 2. The maximum Gasteiger partial charge on any atom is 0.346 e. The van der Waals surface area contributed by atoms with Gasteiger partial charge >= 0.3 is 5.97 Å². The number of carboxylic acid groups (broad SMARTS) is 1. The number of rotatable bonds is 7. The molecule has 3 heteroatoms. The molecule has 0 aliphatic rings. The van der Waals surface area contributed by atoms with E-state index in [0.717, 1.165) is 18.4 Å². The molecule has 0 aromatic rings. The molecule has 0 heterocycles. The van der Waals surface area contributed by atoms with Crippen LogP contribution in [0, 0.1) is 11.3 Å². The maximum absolute atomic E-state index is 10.5. The third-order valence-electron chi connectivity index (χ3n) is 2.31. The monoisotopic (exact) mass is 221 g/mol. The summed E-state index contributed by atoms with van der Waals surface area (Å²) in [5.41, 5.74) is 0.901. The van der Waals surface area contributed by atoms with E-state index < -0.39 is 5.97 Å². The fourth-order valence-corrected chi connectivity index (χ4v) is 1.30. The van der Waals surface area contributed by atoms with Crippen LogP contribution >= 0.6 is 0 Å². The summed E-state index contributed by atoms with van der Waals surface area (Å²) in [6.45, 7) is 4.12. The Kier molecular flexibility index (Phi) is 7.87. The van der Waals surface area contributed by atoms with E-state index in [9.17, 15) is 4.79 Å². The lowest BCUT2D eigenvalue weighted by atomic mass is 10.1. The lowest BCUT2D eigenvalue weighted by Crippen LogP contribution is -1.96. The van der Waals surface area contributed by atoms with Crippen LogP contribution in [0.5, 0.6) is 0 Å². The van der Waals surface area contributed by atoms with Crippen LogP contribution in [0.15, 0.2) is 23.3 Å². The fourth-order valence-electron chi connectivity index (χ4n) is 1.30. The first-order valence-electron chi connectivity index (χ1n) is 5.62. The smallest absolute Gasteiger partial charge is 0.346 e. The number of nitrogens with zero attached hydrogens (tertiary/aromatic N) is 1. The van der Waals surface area contributed by atoms with Crippen LogP contribution in [0.2, 0.25) is 0 Å². The third-order valence-corrected chi connectivity index (χ3v) is 2.31. The second kappa shape index (κ2) is 8.72. The molecule has 0 aromatic carbocycles. The zero-order valence-electron chi connectivity index (χ0n) is 9.99. The molecule has 0 aliphatic carbocycles. The Hall–Kier alpha value is -1.56. The number of carboxylic acids is 1. The Labute approximate surface area is 97.1 Å². The Morgan fingerprint density at radius 2 is 2.00 bits per heavy atom. The SMILES string of the molecule is CCCCCC/C(C)=C\C=C(/C#N)C(=O)O. The van der Waals surface area contributed by atoms with Gasteiger partial charge < -0.3 is 5.11 Å². The molecular formula is C13H19NO2. The third kappa shape index (κ3) is 6.83. The minimum atomic E-state index is -1.17. The molecule has 1 N–H and O–H groups in total.